The number of benzene rings is 2. The number of aliphatic hydroxyl groups is 1. The molecule has 4 unspecified atom stereocenters. The Bertz CT molecular complexity index is 951. The van der Waals surface area contributed by atoms with Crippen LogP contribution >= 0.6 is 0 Å². The predicted octanol–water partition coefficient (Wildman–Crippen LogP) is 5.30. The summed E-state index contributed by atoms with van der Waals surface area (Å²) in [6, 6.07) is 15.0. The molecule has 0 heterocycles. The topological polar surface area (TPSA) is 103 Å². The highest BCUT2D eigenvalue weighted by molar-refractivity contribution is 5.92. The van der Waals surface area contributed by atoms with Crippen molar-refractivity contribution in [2.24, 2.45) is 29.4 Å². The molecule has 0 aromatic heterocycles. The molecule has 0 aliphatic heterocycles. The number of carbonyl (C=O) groups excluding carboxylic acids is 1. The van der Waals surface area contributed by atoms with Gasteiger partial charge in [0, 0.05) is 37.8 Å². The van der Waals surface area contributed by atoms with E-state index in [0.29, 0.717) is 37.7 Å². The van der Waals surface area contributed by atoms with Crippen molar-refractivity contribution >= 4 is 11.6 Å². The molecule has 0 saturated heterocycles. The monoisotopic (exact) mass is 528 g/mol. The Morgan fingerprint density at radius 3 is 2.26 bits per heavy atom. The third kappa shape index (κ3) is 10.3. The van der Waals surface area contributed by atoms with E-state index in [4.69, 9.17) is 19.9 Å². The third-order valence-corrected chi connectivity index (χ3v) is 7.17. The molecule has 0 spiro atoms. The zero-order valence-electron chi connectivity index (χ0n) is 24.0. The molecule has 4 atom stereocenters. The summed E-state index contributed by atoms with van der Waals surface area (Å²) in [7, 11) is 3.32. The lowest BCUT2D eigenvalue weighted by atomic mass is 9.81. The molecular weight excluding hydrogens is 480 g/mol. The Morgan fingerprint density at radius 1 is 0.947 bits per heavy atom. The van der Waals surface area contributed by atoms with Gasteiger partial charge in [0.05, 0.1) is 19.8 Å². The fourth-order valence-electron chi connectivity index (χ4n) is 4.62. The van der Waals surface area contributed by atoms with Crippen LogP contribution in [0.3, 0.4) is 0 Å². The zero-order valence-corrected chi connectivity index (χ0v) is 24.0. The molecule has 7 heteroatoms. The van der Waals surface area contributed by atoms with Crippen molar-refractivity contribution in [2.75, 3.05) is 32.8 Å². The van der Waals surface area contributed by atoms with Crippen LogP contribution < -0.4 is 20.5 Å². The van der Waals surface area contributed by atoms with Gasteiger partial charge in [0.2, 0.25) is 5.91 Å². The number of anilines is 1. The Hall–Kier alpha value is -2.61. The van der Waals surface area contributed by atoms with Crippen molar-refractivity contribution in [3.05, 3.63) is 54.1 Å². The highest BCUT2D eigenvalue weighted by Gasteiger charge is 2.30. The summed E-state index contributed by atoms with van der Waals surface area (Å²) in [5.74, 6) is 1.68. The largest absolute Gasteiger partial charge is 0.493 e. The number of rotatable bonds is 17. The third-order valence-electron chi connectivity index (χ3n) is 7.17. The molecule has 4 N–H and O–H groups in total. The van der Waals surface area contributed by atoms with Gasteiger partial charge in [-0.05, 0) is 66.8 Å². The van der Waals surface area contributed by atoms with E-state index in [1.54, 1.807) is 14.2 Å². The van der Waals surface area contributed by atoms with Crippen LogP contribution in [0, 0.1) is 23.7 Å². The number of para-hydroxylation sites is 1. The van der Waals surface area contributed by atoms with Crippen LogP contribution in [-0.4, -0.2) is 50.6 Å². The van der Waals surface area contributed by atoms with Gasteiger partial charge in [-0.15, -0.1) is 0 Å². The summed E-state index contributed by atoms with van der Waals surface area (Å²) >= 11 is 0. The Morgan fingerprint density at radius 2 is 1.66 bits per heavy atom. The number of carbonyl (C=O) groups is 1. The highest BCUT2D eigenvalue weighted by Crippen LogP contribution is 2.32. The number of aliphatic hydroxyl groups excluding tert-OH is 1. The summed E-state index contributed by atoms with van der Waals surface area (Å²) in [4.78, 5) is 13.0. The lowest BCUT2D eigenvalue weighted by Gasteiger charge is -2.30. The summed E-state index contributed by atoms with van der Waals surface area (Å²) in [5.41, 5.74) is 8.43. The lowest BCUT2D eigenvalue weighted by molar-refractivity contribution is -0.122. The van der Waals surface area contributed by atoms with Crippen molar-refractivity contribution in [1.29, 1.82) is 0 Å². The van der Waals surface area contributed by atoms with Gasteiger partial charge in [0.15, 0.2) is 11.5 Å². The van der Waals surface area contributed by atoms with Gasteiger partial charge in [-0.2, -0.15) is 0 Å². The number of hydrogen-bond acceptors (Lipinski definition) is 6. The number of nitrogens with one attached hydrogen (secondary N) is 1. The SMILES string of the molecule is COCCCOc1cc(CC(CC(N)C(O)CC(C(=O)Nc2ccccc2)C(C)C)C(C)C)ccc1OC. The molecule has 0 fully saturated rings. The van der Waals surface area contributed by atoms with Crippen molar-refractivity contribution in [2.45, 2.75) is 65.5 Å². The van der Waals surface area contributed by atoms with E-state index < -0.39 is 12.1 Å². The normalized spacial score (nSPS) is 14.7. The molecule has 2 aromatic carbocycles. The van der Waals surface area contributed by atoms with Gasteiger partial charge in [0.1, 0.15) is 0 Å². The summed E-state index contributed by atoms with van der Waals surface area (Å²) in [6.07, 6.45) is 1.80. The molecule has 0 saturated carbocycles. The second-order valence-electron chi connectivity index (χ2n) is 10.8. The first-order valence-corrected chi connectivity index (χ1v) is 13.7. The number of hydrogen-bond donors (Lipinski definition) is 3. The Labute approximate surface area is 229 Å². The molecule has 38 heavy (non-hydrogen) atoms. The van der Waals surface area contributed by atoms with E-state index in [2.05, 4.69) is 25.2 Å². The minimum absolute atomic E-state index is 0.0723. The van der Waals surface area contributed by atoms with Gasteiger partial charge in [0.25, 0.3) is 0 Å². The maximum absolute atomic E-state index is 13.0. The Kier molecular flexibility index (Phi) is 13.6. The van der Waals surface area contributed by atoms with Crippen LogP contribution in [0.4, 0.5) is 5.69 Å². The molecule has 7 nitrogen and oxygen atoms in total. The van der Waals surface area contributed by atoms with Crippen LogP contribution in [0.2, 0.25) is 0 Å². The average Bonchev–Trinajstić information content (AvgIpc) is 2.89. The molecule has 0 radical (unpaired) electrons. The zero-order chi connectivity index (χ0) is 28.1. The first kappa shape index (κ1) is 31.6. The highest BCUT2D eigenvalue weighted by atomic mass is 16.5. The molecule has 212 valence electrons. The van der Waals surface area contributed by atoms with Crippen LogP contribution in [0.1, 0.15) is 52.5 Å². The number of ether oxygens (including phenoxy) is 3. The summed E-state index contributed by atoms with van der Waals surface area (Å²) in [5, 5.41) is 14.0. The maximum atomic E-state index is 13.0. The van der Waals surface area contributed by atoms with Crippen LogP contribution in [0.25, 0.3) is 0 Å². The van der Waals surface area contributed by atoms with Gasteiger partial charge in [-0.25, -0.2) is 0 Å². The first-order valence-electron chi connectivity index (χ1n) is 13.7. The number of nitrogens with two attached hydrogens (primary N) is 1. The van der Waals surface area contributed by atoms with Gasteiger partial charge >= 0.3 is 0 Å². The van der Waals surface area contributed by atoms with E-state index in [1.807, 2.05) is 56.3 Å². The number of methoxy groups -OCH3 is 2. The van der Waals surface area contributed by atoms with Crippen LogP contribution in [0.5, 0.6) is 11.5 Å². The van der Waals surface area contributed by atoms with Crippen LogP contribution in [-0.2, 0) is 16.0 Å². The lowest BCUT2D eigenvalue weighted by Crippen LogP contribution is -2.41. The minimum Gasteiger partial charge on any atom is -0.493 e. The van der Waals surface area contributed by atoms with E-state index in [0.717, 1.165) is 29.8 Å². The van der Waals surface area contributed by atoms with E-state index in [-0.39, 0.29) is 23.7 Å². The summed E-state index contributed by atoms with van der Waals surface area (Å²) < 4.78 is 16.5. The van der Waals surface area contributed by atoms with Crippen LogP contribution in [0.15, 0.2) is 48.5 Å². The van der Waals surface area contributed by atoms with E-state index in [9.17, 15) is 9.90 Å². The molecular formula is C31H48N2O5. The summed E-state index contributed by atoms with van der Waals surface area (Å²) in [6.45, 7) is 9.56. The van der Waals surface area contributed by atoms with Gasteiger partial charge in [-0.3, -0.25) is 4.79 Å². The minimum atomic E-state index is -0.777. The first-order chi connectivity index (χ1) is 18.2. The second kappa shape index (κ2) is 16.4. The number of amides is 1. The van der Waals surface area contributed by atoms with Gasteiger partial charge < -0.3 is 30.4 Å². The van der Waals surface area contributed by atoms with Crippen molar-refractivity contribution in [3.63, 3.8) is 0 Å². The Balaban J connectivity index is 2.03. The molecule has 2 aromatic rings. The molecule has 2 rings (SSSR count). The fraction of sp³-hybridized carbons (Fsp3) is 0.581. The van der Waals surface area contributed by atoms with Crippen molar-refractivity contribution in [3.8, 4) is 11.5 Å². The quantitative estimate of drug-likeness (QED) is 0.241. The van der Waals surface area contributed by atoms with E-state index >= 15 is 0 Å². The van der Waals surface area contributed by atoms with Gasteiger partial charge in [-0.1, -0.05) is 52.0 Å². The molecule has 1 amide bonds. The second-order valence-corrected chi connectivity index (χ2v) is 10.8. The maximum Gasteiger partial charge on any atom is 0.227 e. The standard InChI is InChI=1S/C31H48N2O5/c1-21(2)24(17-23-13-14-29(37-6)30(18-23)38-16-10-15-36-5)19-27(32)28(34)20-26(22(3)4)31(35)33-25-11-8-7-9-12-25/h7-9,11-14,18,21-22,24,26-28,34H,10,15-17,19-20,32H2,1-6H3,(H,33,35). The molecule has 0 aliphatic rings. The van der Waals surface area contributed by atoms with E-state index in [1.165, 1.54) is 0 Å². The average molecular weight is 529 g/mol. The fourth-order valence-corrected chi connectivity index (χ4v) is 4.62. The predicted molar refractivity (Wildman–Crippen MR) is 154 cm³/mol. The molecule has 0 bridgehead atoms. The van der Waals surface area contributed by atoms with Crippen molar-refractivity contribution < 1.29 is 24.1 Å². The van der Waals surface area contributed by atoms with Crippen molar-refractivity contribution in [1.82, 2.24) is 0 Å². The smallest absolute Gasteiger partial charge is 0.227 e. The molecule has 0 aliphatic carbocycles.